The molecule has 0 bridgehead atoms. The van der Waals surface area contributed by atoms with Crippen molar-refractivity contribution in [3.63, 3.8) is 0 Å². The van der Waals surface area contributed by atoms with E-state index < -0.39 is 3.25 Å². The summed E-state index contributed by atoms with van der Waals surface area (Å²) in [4.78, 5) is 20.3. The molecule has 0 aliphatic heterocycles. The van der Waals surface area contributed by atoms with Crippen molar-refractivity contribution in [2.75, 3.05) is 0 Å². The molecule has 90 valence electrons. The maximum Gasteiger partial charge on any atom is 0.266 e. The highest BCUT2D eigenvalue weighted by Gasteiger charge is 2.11. The number of carbonyl (C=O) groups is 2. The molecule has 0 heterocycles. The molecule has 0 saturated heterocycles. The van der Waals surface area contributed by atoms with Gasteiger partial charge in [0.05, 0.1) is 0 Å². The Morgan fingerprint density at radius 2 is 1.00 bits per heavy atom. The van der Waals surface area contributed by atoms with E-state index in [9.17, 15) is 9.59 Å². The van der Waals surface area contributed by atoms with Crippen molar-refractivity contribution >= 4 is 80.1 Å². The Morgan fingerprint density at radius 1 is 0.800 bits per heavy atom. The summed E-state index contributed by atoms with van der Waals surface area (Å²) >= 11 is 29.4. The van der Waals surface area contributed by atoms with Gasteiger partial charge >= 0.3 is 0 Å². The molecule has 0 aromatic rings. The van der Waals surface area contributed by atoms with E-state index in [4.69, 9.17) is 69.6 Å². The van der Waals surface area contributed by atoms with Gasteiger partial charge in [0.25, 0.3) is 3.25 Å². The van der Waals surface area contributed by atoms with E-state index in [0.29, 0.717) is 25.7 Å². The molecule has 0 atom stereocenters. The number of hydrogen-bond acceptors (Lipinski definition) is 2. The molecule has 0 aliphatic carbocycles. The fraction of sp³-hybridized carbons (Fsp3) is 0.714. The lowest BCUT2D eigenvalue weighted by molar-refractivity contribution is -0.113. The Hall–Kier alpha value is 1.08. The molecule has 15 heavy (non-hydrogen) atoms. The van der Waals surface area contributed by atoms with Crippen LogP contribution in [0.15, 0.2) is 0 Å². The molecule has 0 rings (SSSR count). The first kappa shape index (κ1) is 18.4. The Balaban J connectivity index is 0. The van der Waals surface area contributed by atoms with Crippen molar-refractivity contribution < 1.29 is 9.59 Å². The van der Waals surface area contributed by atoms with Crippen LogP contribution in [-0.2, 0) is 9.59 Å². The van der Waals surface area contributed by atoms with E-state index in [1.807, 2.05) is 0 Å². The van der Waals surface area contributed by atoms with Gasteiger partial charge in [0.2, 0.25) is 10.5 Å². The number of alkyl halides is 4. The lowest BCUT2D eigenvalue weighted by Crippen LogP contribution is -1.89. The van der Waals surface area contributed by atoms with Gasteiger partial charge in [-0.25, -0.2) is 0 Å². The molecule has 0 fully saturated rings. The van der Waals surface area contributed by atoms with Gasteiger partial charge in [-0.2, -0.15) is 0 Å². The second-order valence-corrected chi connectivity index (χ2v) is 6.62. The molecule has 0 amide bonds. The van der Waals surface area contributed by atoms with Gasteiger partial charge in [0.1, 0.15) is 0 Å². The van der Waals surface area contributed by atoms with E-state index in [0.717, 1.165) is 0 Å². The minimum absolute atomic E-state index is 0.325. The zero-order chi connectivity index (χ0) is 12.5. The monoisotopic (exact) mass is 334 g/mol. The summed E-state index contributed by atoms with van der Waals surface area (Å²) in [6, 6.07) is 0. The van der Waals surface area contributed by atoms with Crippen LogP contribution in [0.2, 0.25) is 0 Å². The Kier molecular flexibility index (Phi) is 12.6. The quantitative estimate of drug-likeness (QED) is 0.416. The maximum absolute atomic E-state index is 10.1. The van der Waals surface area contributed by atoms with Gasteiger partial charge in [-0.05, 0) is 36.0 Å². The topological polar surface area (TPSA) is 34.1 Å². The molecule has 8 heteroatoms. The molecule has 0 aromatic carbocycles. The van der Waals surface area contributed by atoms with Gasteiger partial charge in [-0.3, -0.25) is 9.59 Å². The first-order valence-corrected chi connectivity index (χ1v) is 6.02. The van der Waals surface area contributed by atoms with Gasteiger partial charge in [-0.15, -0.1) is 0 Å². The summed E-state index contributed by atoms with van der Waals surface area (Å²) in [6.07, 6.45) is 1.93. The second kappa shape index (κ2) is 10.2. The summed E-state index contributed by atoms with van der Waals surface area (Å²) in [7, 11) is 0. The van der Waals surface area contributed by atoms with E-state index >= 15 is 0 Å². The maximum atomic E-state index is 10.1. The van der Waals surface area contributed by atoms with Crippen LogP contribution in [0.4, 0.5) is 0 Å². The summed E-state index contributed by atoms with van der Waals surface area (Å²) in [5.41, 5.74) is 0. The third-order valence-corrected chi connectivity index (χ3v) is 1.37. The van der Waals surface area contributed by atoms with Gasteiger partial charge < -0.3 is 0 Å². The zero-order valence-electron chi connectivity index (χ0n) is 7.41. The fourth-order valence-electron chi connectivity index (χ4n) is 0.528. The van der Waals surface area contributed by atoms with E-state index in [-0.39, 0.29) is 10.5 Å². The number of unbranched alkanes of at least 4 members (excludes halogenated alkanes) is 1. The van der Waals surface area contributed by atoms with Crippen molar-refractivity contribution in [1.82, 2.24) is 0 Å². The lowest BCUT2D eigenvalue weighted by atomic mass is 10.2. The summed E-state index contributed by atoms with van der Waals surface area (Å²) < 4.78 is -1.61. The molecule has 2 nitrogen and oxygen atoms in total. The molecule has 0 radical (unpaired) electrons. The van der Waals surface area contributed by atoms with Crippen LogP contribution in [0.25, 0.3) is 0 Å². The summed E-state index contributed by atoms with van der Waals surface area (Å²) in [5, 5.41) is -0.718. The number of halogens is 6. The minimum atomic E-state index is -1.61. The Bertz CT molecular complexity index is 178. The van der Waals surface area contributed by atoms with Crippen molar-refractivity contribution in [2.24, 2.45) is 0 Å². The van der Waals surface area contributed by atoms with E-state index in [2.05, 4.69) is 0 Å². The van der Waals surface area contributed by atoms with Crippen LogP contribution < -0.4 is 0 Å². The third-order valence-electron chi connectivity index (χ3n) is 0.997. The van der Waals surface area contributed by atoms with Gasteiger partial charge in [0, 0.05) is 12.8 Å². The molecule has 0 aromatic heterocycles. The summed E-state index contributed by atoms with van der Waals surface area (Å²) in [6.45, 7) is 0. The smallest absolute Gasteiger partial charge is 0.266 e. The van der Waals surface area contributed by atoms with Crippen molar-refractivity contribution in [2.45, 2.75) is 28.9 Å². The van der Waals surface area contributed by atoms with E-state index in [1.54, 1.807) is 0 Å². The second-order valence-electron chi connectivity index (χ2n) is 2.35. The van der Waals surface area contributed by atoms with Crippen molar-refractivity contribution in [3.05, 3.63) is 0 Å². The Morgan fingerprint density at radius 3 is 1.13 bits per heavy atom. The number of carbonyl (C=O) groups excluding carboxylic acids is 2. The van der Waals surface area contributed by atoms with E-state index in [1.165, 1.54) is 0 Å². The van der Waals surface area contributed by atoms with Gasteiger partial charge in [-0.1, -0.05) is 46.4 Å². The molecular formula is C7H8Cl6O2. The average molecular weight is 337 g/mol. The molecular weight excluding hydrogens is 329 g/mol. The van der Waals surface area contributed by atoms with Crippen LogP contribution in [0.3, 0.4) is 0 Å². The minimum Gasteiger partial charge on any atom is -0.281 e. The third kappa shape index (κ3) is 39.5. The first-order chi connectivity index (χ1) is 6.63. The predicted molar refractivity (Wildman–Crippen MR) is 66.3 cm³/mol. The van der Waals surface area contributed by atoms with Crippen LogP contribution >= 0.6 is 69.6 Å². The molecule has 0 unspecified atom stereocenters. The lowest BCUT2D eigenvalue weighted by Gasteiger charge is -1.91. The largest absolute Gasteiger partial charge is 0.281 e. The highest BCUT2D eigenvalue weighted by Crippen LogP contribution is 2.29. The van der Waals surface area contributed by atoms with Crippen LogP contribution in [-0.4, -0.2) is 13.7 Å². The van der Waals surface area contributed by atoms with Crippen LogP contribution in [0, 0.1) is 0 Å². The Labute approximate surface area is 118 Å². The predicted octanol–water partition coefficient (Wildman–Crippen LogP) is 4.63. The number of hydrogen-bond donors (Lipinski definition) is 0. The first-order valence-electron chi connectivity index (χ1n) is 3.75. The van der Waals surface area contributed by atoms with Crippen molar-refractivity contribution in [1.29, 1.82) is 0 Å². The SMILES string of the molecule is ClC(Cl)(Cl)Cl.O=C(Cl)CCCCC(=O)Cl. The van der Waals surface area contributed by atoms with Crippen LogP contribution in [0.1, 0.15) is 25.7 Å². The van der Waals surface area contributed by atoms with Gasteiger partial charge in [0.15, 0.2) is 0 Å². The fourth-order valence-corrected chi connectivity index (χ4v) is 0.795. The molecule has 0 spiro atoms. The van der Waals surface area contributed by atoms with Crippen LogP contribution in [0.5, 0.6) is 0 Å². The average Bonchev–Trinajstić information content (AvgIpc) is 1.94. The highest BCUT2D eigenvalue weighted by atomic mass is 35.6. The number of rotatable bonds is 5. The molecule has 0 N–H and O–H groups in total. The normalized spacial score (nSPS) is 10.3. The summed E-state index contributed by atoms with van der Waals surface area (Å²) in [5.74, 6) is 0. The highest BCUT2D eigenvalue weighted by molar-refractivity contribution is 6.83. The molecule has 0 aliphatic rings. The zero-order valence-corrected chi connectivity index (χ0v) is 11.9. The van der Waals surface area contributed by atoms with Crippen molar-refractivity contribution in [3.8, 4) is 0 Å². The standard InChI is InChI=1S/C6H8Cl2O2.CCl4/c7-5(9)3-1-2-4-6(8)10;2-1(3,4)5/h1-4H2;. The molecule has 0 saturated carbocycles.